The van der Waals surface area contributed by atoms with Crippen molar-refractivity contribution < 1.29 is 9.47 Å². The summed E-state index contributed by atoms with van der Waals surface area (Å²) in [6.45, 7) is 3.12. The van der Waals surface area contributed by atoms with Gasteiger partial charge in [0.1, 0.15) is 0 Å². The van der Waals surface area contributed by atoms with Gasteiger partial charge in [-0.25, -0.2) is 0 Å². The maximum atomic E-state index is 6.14. The molecule has 0 aliphatic carbocycles. The Balaban J connectivity index is 2.11. The molecular formula is C16H17Cl2NO2. The van der Waals surface area contributed by atoms with E-state index < -0.39 is 0 Å². The summed E-state index contributed by atoms with van der Waals surface area (Å²) in [6, 6.07) is 11.1. The average molecular weight is 326 g/mol. The summed E-state index contributed by atoms with van der Waals surface area (Å²) in [6.07, 6.45) is 0. The molecule has 0 aliphatic heterocycles. The third-order valence-corrected chi connectivity index (χ3v) is 3.56. The monoisotopic (exact) mass is 325 g/mol. The van der Waals surface area contributed by atoms with E-state index in [-0.39, 0.29) is 0 Å². The first-order valence-electron chi connectivity index (χ1n) is 6.62. The van der Waals surface area contributed by atoms with E-state index in [1.54, 1.807) is 19.2 Å². The highest BCUT2D eigenvalue weighted by Gasteiger charge is 2.06. The topological polar surface area (TPSA) is 30.5 Å². The van der Waals surface area contributed by atoms with Gasteiger partial charge in [-0.15, -0.1) is 0 Å². The molecule has 0 unspecified atom stereocenters. The largest absolute Gasteiger partial charge is 0.493 e. The van der Waals surface area contributed by atoms with E-state index in [0.717, 1.165) is 17.0 Å². The first-order valence-corrected chi connectivity index (χ1v) is 7.38. The van der Waals surface area contributed by atoms with Crippen LogP contribution in [0.25, 0.3) is 0 Å². The van der Waals surface area contributed by atoms with E-state index in [9.17, 15) is 0 Å². The zero-order valence-corrected chi connectivity index (χ0v) is 13.5. The van der Waals surface area contributed by atoms with Crippen molar-refractivity contribution in [3.05, 3.63) is 52.0 Å². The Hall–Kier alpha value is -1.58. The molecule has 112 valence electrons. The zero-order chi connectivity index (χ0) is 15.2. The van der Waals surface area contributed by atoms with Crippen LogP contribution in [0.4, 0.5) is 5.69 Å². The molecule has 5 heteroatoms. The second-order valence-electron chi connectivity index (χ2n) is 4.39. The Labute approximate surface area is 134 Å². The highest BCUT2D eigenvalue weighted by molar-refractivity contribution is 6.33. The number of benzene rings is 2. The number of anilines is 1. The van der Waals surface area contributed by atoms with Crippen molar-refractivity contribution in [2.45, 2.75) is 13.5 Å². The van der Waals surface area contributed by atoms with Crippen LogP contribution in [0.1, 0.15) is 12.5 Å². The Morgan fingerprint density at radius 3 is 2.57 bits per heavy atom. The Kier molecular flexibility index (Phi) is 5.59. The molecule has 2 rings (SSSR count). The van der Waals surface area contributed by atoms with Crippen LogP contribution in [0.2, 0.25) is 10.0 Å². The molecular weight excluding hydrogens is 309 g/mol. The van der Waals surface area contributed by atoms with Gasteiger partial charge in [0.25, 0.3) is 0 Å². The van der Waals surface area contributed by atoms with E-state index in [2.05, 4.69) is 5.32 Å². The molecule has 0 saturated heterocycles. The molecule has 0 amide bonds. The van der Waals surface area contributed by atoms with Crippen molar-refractivity contribution >= 4 is 28.9 Å². The predicted octanol–water partition coefficient (Wildman–Crippen LogP) is 5.01. The number of nitrogens with one attached hydrogen (secondary N) is 1. The van der Waals surface area contributed by atoms with E-state index in [1.165, 1.54) is 0 Å². The van der Waals surface area contributed by atoms with Crippen LogP contribution >= 0.6 is 23.2 Å². The normalized spacial score (nSPS) is 10.3. The standard InChI is InChI=1S/C16H17Cl2NO2/c1-3-21-15-7-5-13(9-16(15)20-2)19-10-11-8-12(17)4-6-14(11)18/h4-9,19H,3,10H2,1-2H3. The van der Waals surface area contributed by atoms with Gasteiger partial charge in [-0.3, -0.25) is 0 Å². The molecule has 0 fully saturated rings. The first-order chi connectivity index (χ1) is 10.1. The summed E-state index contributed by atoms with van der Waals surface area (Å²) >= 11 is 12.1. The second-order valence-corrected chi connectivity index (χ2v) is 5.23. The summed E-state index contributed by atoms with van der Waals surface area (Å²) in [7, 11) is 1.62. The van der Waals surface area contributed by atoms with Gasteiger partial charge < -0.3 is 14.8 Å². The molecule has 0 bridgehead atoms. The van der Waals surface area contributed by atoms with Gasteiger partial charge in [0, 0.05) is 28.3 Å². The minimum absolute atomic E-state index is 0.580. The molecule has 3 nitrogen and oxygen atoms in total. The van der Waals surface area contributed by atoms with Crippen molar-refractivity contribution in [2.75, 3.05) is 19.0 Å². The number of ether oxygens (including phenoxy) is 2. The Morgan fingerprint density at radius 1 is 1.05 bits per heavy atom. The van der Waals surface area contributed by atoms with E-state index in [4.69, 9.17) is 32.7 Å². The molecule has 0 heterocycles. The van der Waals surface area contributed by atoms with Crippen molar-refractivity contribution in [3.63, 3.8) is 0 Å². The molecule has 0 aliphatic rings. The average Bonchev–Trinajstić information content (AvgIpc) is 2.49. The molecule has 0 spiro atoms. The number of methoxy groups -OCH3 is 1. The smallest absolute Gasteiger partial charge is 0.162 e. The lowest BCUT2D eigenvalue weighted by molar-refractivity contribution is 0.311. The molecule has 0 radical (unpaired) electrons. The van der Waals surface area contributed by atoms with Crippen molar-refractivity contribution in [3.8, 4) is 11.5 Å². The highest BCUT2D eigenvalue weighted by Crippen LogP contribution is 2.30. The van der Waals surface area contributed by atoms with Gasteiger partial charge in [0.15, 0.2) is 11.5 Å². The number of rotatable bonds is 6. The first kappa shape index (κ1) is 15.8. The fraction of sp³-hybridized carbons (Fsp3) is 0.250. The zero-order valence-electron chi connectivity index (χ0n) is 12.0. The maximum Gasteiger partial charge on any atom is 0.162 e. The van der Waals surface area contributed by atoms with Crippen molar-refractivity contribution in [1.29, 1.82) is 0 Å². The summed E-state index contributed by atoms with van der Waals surface area (Å²) < 4.78 is 10.8. The fourth-order valence-corrected chi connectivity index (χ4v) is 2.31. The van der Waals surface area contributed by atoms with Crippen LogP contribution in [0.15, 0.2) is 36.4 Å². The summed E-state index contributed by atoms with van der Waals surface area (Å²) in [5.41, 5.74) is 1.86. The predicted molar refractivity (Wildman–Crippen MR) is 88.0 cm³/mol. The quantitative estimate of drug-likeness (QED) is 0.809. The lowest BCUT2D eigenvalue weighted by Crippen LogP contribution is -2.01. The minimum Gasteiger partial charge on any atom is -0.493 e. The molecule has 0 saturated carbocycles. The summed E-state index contributed by atoms with van der Waals surface area (Å²) in [5.74, 6) is 1.42. The number of halogens is 2. The summed E-state index contributed by atoms with van der Waals surface area (Å²) in [5, 5.41) is 4.65. The SMILES string of the molecule is CCOc1ccc(NCc2cc(Cl)ccc2Cl)cc1OC. The van der Waals surface area contributed by atoms with Gasteiger partial charge in [-0.05, 0) is 42.8 Å². The van der Waals surface area contributed by atoms with E-state index in [1.807, 2.05) is 31.2 Å². The van der Waals surface area contributed by atoms with Crippen molar-refractivity contribution in [1.82, 2.24) is 0 Å². The fourth-order valence-electron chi connectivity index (χ4n) is 1.93. The van der Waals surface area contributed by atoms with Crippen LogP contribution < -0.4 is 14.8 Å². The molecule has 0 aromatic heterocycles. The molecule has 1 N–H and O–H groups in total. The molecule has 2 aromatic carbocycles. The van der Waals surface area contributed by atoms with Gasteiger partial charge in [0.05, 0.1) is 13.7 Å². The minimum atomic E-state index is 0.580. The Morgan fingerprint density at radius 2 is 1.86 bits per heavy atom. The van der Waals surface area contributed by atoms with Crippen LogP contribution in [0, 0.1) is 0 Å². The van der Waals surface area contributed by atoms with Crippen LogP contribution in [-0.4, -0.2) is 13.7 Å². The van der Waals surface area contributed by atoms with E-state index >= 15 is 0 Å². The third kappa shape index (κ3) is 4.19. The van der Waals surface area contributed by atoms with Gasteiger partial charge in [-0.2, -0.15) is 0 Å². The number of hydrogen-bond acceptors (Lipinski definition) is 3. The summed E-state index contributed by atoms with van der Waals surface area (Å²) in [4.78, 5) is 0. The Bertz CT molecular complexity index is 617. The molecule has 21 heavy (non-hydrogen) atoms. The van der Waals surface area contributed by atoms with Crippen molar-refractivity contribution in [2.24, 2.45) is 0 Å². The highest BCUT2D eigenvalue weighted by atomic mass is 35.5. The van der Waals surface area contributed by atoms with Crippen LogP contribution in [-0.2, 0) is 6.54 Å². The third-order valence-electron chi connectivity index (χ3n) is 2.95. The second kappa shape index (κ2) is 7.43. The van der Waals surface area contributed by atoms with Gasteiger partial charge >= 0.3 is 0 Å². The van der Waals surface area contributed by atoms with Gasteiger partial charge in [0.2, 0.25) is 0 Å². The number of hydrogen-bond donors (Lipinski definition) is 1. The van der Waals surface area contributed by atoms with Crippen LogP contribution in [0.5, 0.6) is 11.5 Å². The molecule has 2 aromatic rings. The molecule has 0 atom stereocenters. The lowest BCUT2D eigenvalue weighted by atomic mass is 10.2. The van der Waals surface area contributed by atoms with Crippen LogP contribution in [0.3, 0.4) is 0 Å². The lowest BCUT2D eigenvalue weighted by Gasteiger charge is -2.13. The van der Waals surface area contributed by atoms with Gasteiger partial charge in [-0.1, -0.05) is 23.2 Å². The van der Waals surface area contributed by atoms with E-state index in [0.29, 0.717) is 28.9 Å². The maximum absolute atomic E-state index is 6.14.